The lowest BCUT2D eigenvalue weighted by atomic mass is 9.78. The van der Waals surface area contributed by atoms with E-state index in [1.807, 2.05) is 18.7 Å². The van der Waals surface area contributed by atoms with Crippen LogP contribution in [-0.4, -0.2) is 36.6 Å². The molecule has 1 saturated heterocycles. The quantitative estimate of drug-likeness (QED) is 0.738. The van der Waals surface area contributed by atoms with Gasteiger partial charge in [-0.15, -0.1) is 0 Å². The van der Waals surface area contributed by atoms with Crippen molar-refractivity contribution in [3.63, 3.8) is 0 Å². The SMILES string of the molecule is CCC1(C)CCN(C(=O)COC(C)C)CC1. The molecule has 0 unspecified atom stereocenters. The van der Waals surface area contributed by atoms with Crippen LogP contribution in [0.1, 0.15) is 47.0 Å². The molecule has 1 rings (SSSR count). The van der Waals surface area contributed by atoms with Crippen LogP contribution in [-0.2, 0) is 9.53 Å². The molecule has 0 N–H and O–H groups in total. The Labute approximate surface area is 99.1 Å². The Hall–Kier alpha value is -0.570. The number of carbonyl (C=O) groups excluding carboxylic acids is 1. The molecule has 3 heteroatoms. The minimum atomic E-state index is 0.134. The second kappa shape index (κ2) is 5.67. The van der Waals surface area contributed by atoms with Gasteiger partial charge in [0.2, 0.25) is 5.91 Å². The molecule has 0 bridgehead atoms. The number of likely N-dealkylation sites (tertiary alicyclic amines) is 1. The molecule has 0 radical (unpaired) electrons. The summed E-state index contributed by atoms with van der Waals surface area (Å²) in [6.45, 7) is 10.5. The van der Waals surface area contributed by atoms with Crippen LogP contribution in [0.3, 0.4) is 0 Å². The van der Waals surface area contributed by atoms with Gasteiger partial charge in [-0.1, -0.05) is 20.3 Å². The summed E-state index contributed by atoms with van der Waals surface area (Å²) in [5.74, 6) is 0.145. The van der Waals surface area contributed by atoms with Crippen LogP contribution < -0.4 is 0 Å². The van der Waals surface area contributed by atoms with E-state index in [0.29, 0.717) is 5.41 Å². The zero-order valence-electron chi connectivity index (χ0n) is 11.1. The van der Waals surface area contributed by atoms with E-state index >= 15 is 0 Å². The van der Waals surface area contributed by atoms with Crippen LogP contribution in [0.25, 0.3) is 0 Å². The molecule has 0 atom stereocenters. The third-order valence-corrected chi connectivity index (χ3v) is 3.72. The van der Waals surface area contributed by atoms with Gasteiger partial charge in [-0.25, -0.2) is 0 Å². The summed E-state index contributed by atoms with van der Waals surface area (Å²) in [5, 5.41) is 0. The van der Waals surface area contributed by atoms with E-state index in [9.17, 15) is 4.79 Å². The van der Waals surface area contributed by atoms with Crippen LogP contribution in [0.4, 0.5) is 0 Å². The van der Waals surface area contributed by atoms with E-state index in [2.05, 4.69) is 13.8 Å². The molecule has 0 aromatic carbocycles. The zero-order chi connectivity index (χ0) is 12.2. The molecule has 0 aromatic rings. The van der Waals surface area contributed by atoms with Gasteiger partial charge in [-0.3, -0.25) is 4.79 Å². The molecule has 1 aliphatic rings. The number of ether oxygens (including phenoxy) is 1. The molecule has 0 aliphatic carbocycles. The smallest absolute Gasteiger partial charge is 0.248 e. The van der Waals surface area contributed by atoms with Crippen molar-refractivity contribution in [2.24, 2.45) is 5.41 Å². The summed E-state index contributed by atoms with van der Waals surface area (Å²) in [5.41, 5.74) is 0.440. The van der Waals surface area contributed by atoms with E-state index < -0.39 is 0 Å². The van der Waals surface area contributed by atoms with Crippen LogP contribution in [0.15, 0.2) is 0 Å². The summed E-state index contributed by atoms with van der Waals surface area (Å²) >= 11 is 0. The lowest BCUT2D eigenvalue weighted by molar-refractivity contribution is -0.139. The Balaban J connectivity index is 2.33. The number of amides is 1. The van der Waals surface area contributed by atoms with Crippen LogP contribution >= 0.6 is 0 Å². The molecule has 0 spiro atoms. The summed E-state index contributed by atoms with van der Waals surface area (Å²) in [7, 11) is 0. The highest BCUT2D eigenvalue weighted by atomic mass is 16.5. The Kier molecular flexibility index (Phi) is 4.78. The number of rotatable bonds is 4. The predicted molar refractivity (Wildman–Crippen MR) is 65.3 cm³/mol. The maximum absolute atomic E-state index is 11.8. The first-order chi connectivity index (χ1) is 7.47. The Morgan fingerprint density at radius 1 is 1.38 bits per heavy atom. The van der Waals surface area contributed by atoms with Gasteiger partial charge in [-0.05, 0) is 32.1 Å². The van der Waals surface area contributed by atoms with Gasteiger partial charge < -0.3 is 9.64 Å². The first-order valence-electron chi connectivity index (χ1n) is 6.36. The van der Waals surface area contributed by atoms with Gasteiger partial charge in [0.05, 0.1) is 6.10 Å². The van der Waals surface area contributed by atoms with Crippen molar-refractivity contribution in [1.82, 2.24) is 4.90 Å². The minimum absolute atomic E-state index is 0.134. The van der Waals surface area contributed by atoms with Crippen molar-refractivity contribution in [3.05, 3.63) is 0 Å². The van der Waals surface area contributed by atoms with Crippen LogP contribution in [0.2, 0.25) is 0 Å². The van der Waals surface area contributed by atoms with Crippen LogP contribution in [0.5, 0.6) is 0 Å². The minimum Gasteiger partial charge on any atom is -0.369 e. The third-order valence-electron chi connectivity index (χ3n) is 3.72. The van der Waals surface area contributed by atoms with Gasteiger partial charge in [0.25, 0.3) is 0 Å². The normalized spacial score (nSPS) is 20.2. The fourth-order valence-corrected chi connectivity index (χ4v) is 1.98. The maximum Gasteiger partial charge on any atom is 0.248 e. The molecule has 1 fully saturated rings. The van der Waals surface area contributed by atoms with E-state index in [1.165, 1.54) is 6.42 Å². The van der Waals surface area contributed by atoms with Crippen molar-refractivity contribution in [2.75, 3.05) is 19.7 Å². The molecule has 16 heavy (non-hydrogen) atoms. The van der Waals surface area contributed by atoms with E-state index in [0.717, 1.165) is 25.9 Å². The fourth-order valence-electron chi connectivity index (χ4n) is 1.98. The van der Waals surface area contributed by atoms with Crippen LogP contribution in [0, 0.1) is 5.41 Å². The summed E-state index contributed by atoms with van der Waals surface area (Å²) in [6, 6.07) is 0. The first-order valence-corrected chi connectivity index (χ1v) is 6.36. The molecule has 0 aromatic heterocycles. The molecule has 0 saturated carbocycles. The monoisotopic (exact) mass is 227 g/mol. The van der Waals surface area contributed by atoms with Gasteiger partial charge in [-0.2, -0.15) is 0 Å². The highest BCUT2D eigenvalue weighted by molar-refractivity contribution is 5.77. The largest absolute Gasteiger partial charge is 0.369 e. The topological polar surface area (TPSA) is 29.5 Å². The molecule has 1 aliphatic heterocycles. The molecular weight excluding hydrogens is 202 g/mol. The molecule has 94 valence electrons. The maximum atomic E-state index is 11.8. The van der Waals surface area contributed by atoms with E-state index in [-0.39, 0.29) is 18.6 Å². The first kappa shape index (κ1) is 13.5. The van der Waals surface area contributed by atoms with Gasteiger partial charge in [0.15, 0.2) is 0 Å². The lowest BCUT2D eigenvalue weighted by Gasteiger charge is -2.38. The zero-order valence-corrected chi connectivity index (χ0v) is 11.1. The Morgan fingerprint density at radius 2 is 1.94 bits per heavy atom. The molecule has 1 heterocycles. The summed E-state index contributed by atoms with van der Waals surface area (Å²) in [4.78, 5) is 13.7. The van der Waals surface area contributed by atoms with Crippen molar-refractivity contribution in [2.45, 2.75) is 53.1 Å². The Morgan fingerprint density at radius 3 is 2.38 bits per heavy atom. The van der Waals surface area contributed by atoms with Crippen molar-refractivity contribution >= 4 is 5.91 Å². The van der Waals surface area contributed by atoms with Gasteiger partial charge in [0, 0.05) is 13.1 Å². The van der Waals surface area contributed by atoms with Crippen molar-refractivity contribution in [3.8, 4) is 0 Å². The van der Waals surface area contributed by atoms with Gasteiger partial charge in [0.1, 0.15) is 6.61 Å². The molecule has 3 nitrogen and oxygen atoms in total. The second-order valence-corrected chi connectivity index (χ2v) is 5.40. The fraction of sp³-hybridized carbons (Fsp3) is 0.923. The second-order valence-electron chi connectivity index (χ2n) is 5.40. The Bertz CT molecular complexity index is 230. The van der Waals surface area contributed by atoms with Gasteiger partial charge >= 0.3 is 0 Å². The van der Waals surface area contributed by atoms with E-state index in [4.69, 9.17) is 4.74 Å². The average molecular weight is 227 g/mol. The summed E-state index contributed by atoms with van der Waals surface area (Å²) < 4.78 is 5.34. The molecular formula is C13H25NO2. The number of hydrogen-bond acceptors (Lipinski definition) is 2. The number of carbonyl (C=O) groups is 1. The standard InChI is InChI=1S/C13H25NO2/c1-5-13(4)6-8-14(9-7-13)12(15)10-16-11(2)3/h11H,5-10H2,1-4H3. The number of hydrogen-bond donors (Lipinski definition) is 0. The van der Waals surface area contributed by atoms with Crippen molar-refractivity contribution in [1.29, 1.82) is 0 Å². The number of nitrogens with zero attached hydrogens (tertiary/aromatic N) is 1. The average Bonchev–Trinajstić information content (AvgIpc) is 2.27. The number of piperidine rings is 1. The molecule has 1 amide bonds. The third kappa shape index (κ3) is 3.78. The predicted octanol–water partition coefficient (Wildman–Crippen LogP) is 2.45. The lowest BCUT2D eigenvalue weighted by Crippen LogP contribution is -2.43. The van der Waals surface area contributed by atoms with E-state index in [1.54, 1.807) is 0 Å². The summed E-state index contributed by atoms with van der Waals surface area (Å²) in [6.07, 6.45) is 3.58. The van der Waals surface area contributed by atoms with Crippen molar-refractivity contribution < 1.29 is 9.53 Å². The highest BCUT2D eigenvalue weighted by Gasteiger charge is 2.30. The highest BCUT2D eigenvalue weighted by Crippen LogP contribution is 2.33.